The molecule has 0 aromatic carbocycles. The maximum absolute atomic E-state index is 11.0. The summed E-state index contributed by atoms with van der Waals surface area (Å²) in [5, 5.41) is -0.190. The third-order valence-electron chi connectivity index (χ3n) is 2.10. The van der Waals surface area contributed by atoms with Crippen LogP contribution in [0.5, 0.6) is 0 Å². The van der Waals surface area contributed by atoms with Crippen LogP contribution in [0.2, 0.25) is 0 Å². The number of alkyl halides is 1. The molecular weight excluding hydrogens is 564 g/mol. The van der Waals surface area contributed by atoms with E-state index in [4.69, 9.17) is 0 Å². The smallest absolute Gasteiger partial charge is 0.290 e. The second-order valence-electron chi connectivity index (χ2n) is 3.99. The maximum Gasteiger partial charge on any atom is 0.290 e. The number of hydrogen-bond donors (Lipinski definition) is 0. The van der Waals surface area contributed by atoms with Crippen molar-refractivity contribution in [2.24, 2.45) is 0 Å². The Morgan fingerprint density at radius 2 is 1.82 bits per heavy atom. The fourth-order valence-corrected chi connectivity index (χ4v) is 1.76. The van der Waals surface area contributed by atoms with Crippen LogP contribution >= 0.6 is 27.7 Å². The predicted octanol–water partition coefficient (Wildman–Crippen LogP) is 1.75. The molecule has 0 spiro atoms. The second-order valence-corrected chi connectivity index (χ2v) is 7.02. The van der Waals surface area contributed by atoms with Crippen molar-refractivity contribution in [3.8, 4) is 0 Å². The zero-order valence-electron chi connectivity index (χ0n) is 12.5. The molecule has 22 heavy (non-hydrogen) atoms. The van der Waals surface area contributed by atoms with Gasteiger partial charge in [0.2, 0.25) is 11.8 Å². The summed E-state index contributed by atoms with van der Waals surface area (Å²) in [5.41, 5.74) is 0. The Morgan fingerprint density at radius 1 is 1.41 bits per heavy atom. The summed E-state index contributed by atoms with van der Waals surface area (Å²) in [4.78, 5) is 33.2. The number of ether oxygens (including phenoxy) is 1. The Hall–Kier alpha value is 2.35. The van der Waals surface area contributed by atoms with Crippen LogP contribution in [0.15, 0.2) is 0 Å². The summed E-state index contributed by atoms with van der Waals surface area (Å²) in [7, 11) is 6.29. The molecule has 1 atom stereocenters. The molecule has 1 aliphatic rings. The molecule has 1 saturated heterocycles. The van der Waals surface area contributed by atoms with Gasteiger partial charge >= 0.3 is 0 Å². The molecule has 0 aromatic rings. The Kier molecular flexibility index (Phi) is 24.5. The molecule has 11 heteroatoms. The predicted molar refractivity (Wildman–Crippen MR) is 88.3 cm³/mol. The van der Waals surface area contributed by atoms with Gasteiger partial charge in [0.15, 0.2) is 0 Å². The van der Waals surface area contributed by atoms with Crippen LogP contribution in [0.25, 0.3) is 0 Å². The van der Waals surface area contributed by atoms with E-state index in [1.165, 1.54) is 11.8 Å². The average molecular weight is 580 g/mol. The number of esters is 1. The summed E-state index contributed by atoms with van der Waals surface area (Å²) in [6.45, 7) is 3.39. The fraction of sp³-hybridized carbons (Fsp3) is 0.545. The van der Waals surface area contributed by atoms with E-state index < -0.39 is 4.32 Å². The number of nitrogens with zero attached hydrogens (tertiary/aromatic N) is 1. The van der Waals surface area contributed by atoms with E-state index in [9.17, 15) is 14.4 Å². The molecule has 124 valence electrons. The van der Waals surface area contributed by atoms with Crippen LogP contribution < -0.4 is 0 Å². The van der Waals surface area contributed by atoms with Crippen molar-refractivity contribution in [3.05, 3.63) is 14.2 Å². The quantitative estimate of drug-likeness (QED) is 0.123. The number of carbonyl (C=O) groups excluding carboxylic acids is 3. The number of thioether (sulfide) groups is 1. The Labute approximate surface area is 205 Å². The van der Waals surface area contributed by atoms with Gasteiger partial charge in [0.1, 0.15) is 4.32 Å². The molecule has 0 N–H and O–H groups in total. The van der Waals surface area contributed by atoms with E-state index in [-0.39, 0.29) is 88.5 Å². The number of hydrogen-bond acceptors (Lipinski definition) is 7. The first kappa shape index (κ1) is 32.1. The maximum atomic E-state index is 11.0. The van der Waals surface area contributed by atoms with E-state index in [2.05, 4.69) is 58.1 Å². The molecule has 1 unspecified atom stereocenters. The van der Waals surface area contributed by atoms with Gasteiger partial charge in [0.05, 0.1) is 5.25 Å². The van der Waals surface area contributed by atoms with E-state index in [0.717, 1.165) is 4.90 Å². The van der Waals surface area contributed by atoms with Crippen molar-refractivity contribution in [1.29, 1.82) is 0 Å². The van der Waals surface area contributed by atoms with E-state index in [1.807, 2.05) is 6.26 Å². The van der Waals surface area contributed by atoms with Crippen molar-refractivity contribution in [1.82, 2.24) is 4.90 Å². The number of carbonyl (C=O) groups is 3. The van der Waals surface area contributed by atoms with Gasteiger partial charge in [-0.3, -0.25) is 14.4 Å². The van der Waals surface area contributed by atoms with Crippen LogP contribution in [0, 0.1) is 14.2 Å². The molecule has 2 radical (unpaired) electrons. The van der Waals surface area contributed by atoms with Crippen molar-refractivity contribution >= 4 is 68.8 Å². The molecule has 1 rings (SSSR count). The van der Waals surface area contributed by atoms with Gasteiger partial charge in [0.25, 0.3) is 5.97 Å². The molecule has 0 aromatic heterocycles. The molecule has 1 aliphatic heterocycles. The number of amides is 2. The topological polar surface area (TPSA) is 63.7 Å². The second kappa shape index (κ2) is 16.8. The molecular formula is C11H16BrNO4S3Y2-4. The molecule has 0 aliphatic carbocycles. The van der Waals surface area contributed by atoms with Gasteiger partial charge in [-0.05, 0) is 20.1 Å². The number of rotatable bonds is 2. The van der Waals surface area contributed by atoms with Crippen molar-refractivity contribution in [3.63, 3.8) is 0 Å². The zero-order valence-corrected chi connectivity index (χ0v) is 22.2. The summed E-state index contributed by atoms with van der Waals surface area (Å²) >= 11 is 11.8. The zero-order chi connectivity index (χ0) is 16.5. The monoisotopic (exact) mass is 579 g/mol. The molecule has 2 amide bonds. The standard InChI is InChI=1S/C6H8NO2S.C5H8BrO2.S2.2Y/c1-7-5(8)3-4(10-2)6(7)9;1-5(2,6)4(7)8-3;1-2;;/h4H,1,3H2,2H3;3H2,1-2H3;;;/q2*-1;-2;;. The largest absolute Gasteiger partial charge is 1.00 e. The minimum absolute atomic E-state index is 0. The van der Waals surface area contributed by atoms with Gasteiger partial charge in [-0.1, -0.05) is 15.9 Å². The summed E-state index contributed by atoms with van der Waals surface area (Å²) in [6.07, 6.45) is 2.12. The van der Waals surface area contributed by atoms with Gasteiger partial charge in [-0.2, -0.15) is 18.9 Å². The normalized spacial score (nSPS) is 16.2. The van der Waals surface area contributed by atoms with Crippen LogP contribution in [0.3, 0.4) is 0 Å². The third kappa shape index (κ3) is 12.7. The first-order chi connectivity index (χ1) is 9.15. The Morgan fingerprint density at radius 3 is 1.91 bits per heavy atom. The van der Waals surface area contributed by atoms with Crippen molar-refractivity contribution < 1.29 is 84.5 Å². The first-order valence-electron chi connectivity index (χ1n) is 5.17. The van der Waals surface area contributed by atoms with Crippen molar-refractivity contribution in [2.75, 3.05) is 6.26 Å². The average Bonchev–Trinajstić information content (AvgIpc) is 2.67. The minimum atomic E-state index is -0.602. The van der Waals surface area contributed by atoms with Crippen LogP contribution in [-0.2, 0) is 108 Å². The molecule has 0 bridgehead atoms. The summed E-state index contributed by atoms with van der Waals surface area (Å²) < 4.78 is 3.58. The van der Waals surface area contributed by atoms with Gasteiger partial charge in [-0.15, -0.1) is 0 Å². The molecule has 1 fully saturated rings. The summed E-state index contributed by atoms with van der Waals surface area (Å²) in [5.74, 6) is -0.709. The fourth-order valence-electron chi connectivity index (χ4n) is 1.01. The third-order valence-corrected chi connectivity index (χ3v) is 3.36. The van der Waals surface area contributed by atoms with Gasteiger partial charge in [0, 0.05) is 71.8 Å². The van der Waals surface area contributed by atoms with E-state index in [1.54, 1.807) is 13.8 Å². The Balaban J connectivity index is -0.000000124. The summed E-state index contributed by atoms with van der Waals surface area (Å²) in [6, 6.07) is 0. The first-order valence-corrected chi connectivity index (χ1v) is 8.58. The number of halogens is 1. The molecule has 0 saturated carbocycles. The van der Waals surface area contributed by atoms with Crippen LogP contribution in [-0.4, -0.2) is 38.5 Å². The molecule has 5 nitrogen and oxygen atoms in total. The molecule has 1 heterocycles. The van der Waals surface area contributed by atoms with E-state index >= 15 is 0 Å². The number of likely N-dealkylation sites (tertiary alicyclic amines) is 1. The van der Waals surface area contributed by atoms with Crippen molar-refractivity contribution in [2.45, 2.75) is 29.8 Å². The SMILES string of the molecule is [CH2-]N1C(=O)CC(SC)C1=O.[CH2-]OC(=O)C(C)(C)Br.[S-][S-].[Y].[Y]. The van der Waals surface area contributed by atoms with E-state index in [0.29, 0.717) is 6.42 Å². The Bertz CT molecular complexity index is 357. The number of imide groups is 1. The van der Waals surface area contributed by atoms with Crippen LogP contribution in [0.1, 0.15) is 20.3 Å². The van der Waals surface area contributed by atoms with Gasteiger partial charge in [-0.25, -0.2) is 7.05 Å². The van der Waals surface area contributed by atoms with Gasteiger partial charge < -0.3 is 33.0 Å². The van der Waals surface area contributed by atoms with Crippen LogP contribution in [0.4, 0.5) is 0 Å². The minimum Gasteiger partial charge on any atom is -1.00 e.